The van der Waals surface area contributed by atoms with Crippen molar-refractivity contribution in [3.8, 4) is 17.7 Å². The van der Waals surface area contributed by atoms with Crippen LogP contribution >= 0.6 is 11.6 Å². The first-order chi connectivity index (χ1) is 13.1. The zero-order chi connectivity index (χ0) is 19.1. The van der Waals surface area contributed by atoms with Crippen LogP contribution in [-0.4, -0.2) is 29.6 Å². The first kappa shape index (κ1) is 19.0. The Balaban J connectivity index is 1.37. The van der Waals surface area contributed by atoms with Gasteiger partial charge >= 0.3 is 0 Å². The Labute approximate surface area is 163 Å². The Morgan fingerprint density at radius 1 is 1.19 bits per heavy atom. The normalized spacial score (nSPS) is 19.0. The van der Waals surface area contributed by atoms with Gasteiger partial charge in [-0.2, -0.15) is 5.26 Å². The van der Waals surface area contributed by atoms with Crippen LogP contribution in [0.15, 0.2) is 42.6 Å². The van der Waals surface area contributed by atoms with E-state index < -0.39 is 0 Å². The van der Waals surface area contributed by atoms with Gasteiger partial charge in [0.2, 0.25) is 5.88 Å². The van der Waals surface area contributed by atoms with Crippen molar-refractivity contribution in [2.24, 2.45) is 0 Å². The van der Waals surface area contributed by atoms with Crippen LogP contribution in [0.25, 0.3) is 0 Å². The summed E-state index contributed by atoms with van der Waals surface area (Å²) in [6.45, 7) is -0.0206. The number of amides is 1. The van der Waals surface area contributed by atoms with E-state index in [9.17, 15) is 4.79 Å². The standard InChI is InChI=1S/C20H20ClN3O3/c21-15-2-6-17(7-3-15)26-13-19(25)24-16-4-8-18(9-5-16)27-20-10-1-14(11-22)12-23-20/h1-3,6-7,10,12,16,18H,4-5,8-9,13H2,(H,24,25). The van der Waals surface area contributed by atoms with E-state index in [0.717, 1.165) is 25.7 Å². The quantitative estimate of drug-likeness (QED) is 0.822. The van der Waals surface area contributed by atoms with E-state index in [-0.39, 0.29) is 24.7 Å². The summed E-state index contributed by atoms with van der Waals surface area (Å²) in [6.07, 6.45) is 4.93. The first-order valence-electron chi connectivity index (χ1n) is 8.83. The van der Waals surface area contributed by atoms with Crippen LogP contribution in [0.4, 0.5) is 0 Å². The van der Waals surface area contributed by atoms with E-state index >= 15 is 0 Å². The number of carbonyl (C=O) groups is 1. The molecule has 0 saturated heterocycles. The van der Waals surface area contributed by atoms with Gasteiger partial charge in [0.1, 0.15) is 17.9 Å². The minimum atomic E-state index is -0.136. The number of hydrogen-bond donors (Lipinski definition) is 1. The summed E-state index contributed by atoms with van der Waals surface area (Å²) in [6, 6.07) is 12.5. The van der Waals surface area contributed by atoms with E-state index in [1.54, 1.807) is 36.4 Å². The molecule has 27 heavy (non-hydrogen) atoms. The maximum Gasteiger partial charge on any atom is 0.258 e. The molecule has 2 aromatic rings. The molecule has 1 aromatic carbocycles. The second kappa shape index (κ2) is 9.24. The van der Waals surface area contributed by atoms with Crippen molar-refractivity contribution < 1.29 is 14.3 Å². The highest BCUT2D eigenvalue weighted by Crippen LogP contribution is 2.23. The van der Waals surface area contributed by atoms with Crippen LogP contribution in [0.5, 0.6) is 11.6 Å². The second-order valence-corrected chi connectivity index (χ2v) is 6.83. The van der Waals surface area contributed by atoms with E-state index in [0.29, 0.717) is 22.2 Å². The van der Waals surface area contributed by atoms with Crippen LogP contribution in [0.3, 0.4) is 0 Å². The Kier molecular flexibility index (Phi) is 6.50. The molecule has 0 radical (unpaired) electrons. The van der Waals surface area contributed by atoms with Crippen LogP contribution < -0.4 is 14.8 Å². The van der Waals surface area contributed by atoms with E-state index in [4.69, 9.17) is 26.3 Å². The number of nitrogens with one attached hydrogen (secondary N) is 1. The lowest BCUT2D eigenvalue weighted by molar-refractivity contribution is -0.124. The predicted octanol–water partition coefficient (Wildman–Crippen LogP) is 3.49. The average Bonchev–Trinajstić information content (AvgIpc) is 2.70. The molecule has 1 heterocycles. The molecule has 1 aliphatic carbocycles. The van der Waals surface area contributed by atoms with Crippen molar-refractivity contribution in [2.45, 2.75) is 37.8 Å². The molecule has 0 atom stereocenters. The van der Waals surface area contributed by atoms with E-state index in [1.165, 1.54) is 6.20 Å². The van der Waals surface area contributed by atoms with Gasteiger partial charge in [-0.05, 0) is 56.0 Å². The summed E-state index contributed by atoms with van der Waals surface area (Å²) in [7, 11) is 0. The second-order valence-electron chi connectivity index (χ2n) is 6.40. The van der Waals surface area contributed by atoms with Crippen molar-refractivity contribution in [3.63, 3.8) is 0 Å². The number of halogens is 1. The van der Waals surface area contributed by atoms with Gasteiger partial charge in [-0.3, -0.25) is 4.79 Å². The van der Waals surface area contributed by atoms with Gasteiger partial charge in [0, 0.05) is 23.3 Å². The molecule has 3 rings (SSSR count). The molecule has 0 bridgehead atoms. The van der Waals surface area contributed by atoms with Crippen molar-refractivity contribution in [3.05, 3.63) is 53.2 Å². The Bertz CT molecular complexity index is 795. The molecule has 1 fully saturated rings. The number of hydrogen-bond acceptors (Lipinski definition) is 5. The highest BCUT2D eigenvalue weighted by atomic mass is 35.5. The molecule has 140 valence electrons. The fraction of sp³-hybridized carbons (Fsp3) is 0.350. The molecule has 1 amide bonds. The third kappa shape index (κ3) is 5.87. The van der Waals surface area contributed by atoms with E-state index in [2.05, 4.69) is 10.3 Å². The summed E-state index contributed by atoms with van der Waals surface area (Å²) < 4.78 is 11.3. The number of rotatable bonds is 6. The minimum absolute atomic E-state index is 0.0206. The number of carbonyl (C=O) groups excluding carboxylic acids is 1. The van der Waals surface area contributed by atoms with Crippen molar-refractivity contribution in [1.82, 2.24) is 10.3 Å². The maximum absolute atomic E-state index is 12.1. The molecular formula is C20H20ClN3O3. The van der Waals surface area contributed by atoms with Crippen LogP contribution in [0, 0.1) is 11.3 Å². The van der Waals surface area contributed by atoms with Gasteiger partial charge in [-0.25, -0.2) is 4.98 Å². The molecule has 0 aliphatic heterocycles. The van der Waals surface area contributed by atoms with Crippen molar-refractivity contribution in [2.75, 3.05) is 6.61 Å². The number of nitrogens with zero attached hydrogens (tertiary/aromatic N) is 2. The van der Waals surface area contributed by atoms with Crippen LogP contribution in [-0.2, 0) is 4.79 Å². The van der Waals surface area contributed by atoms with Crippen molar-refractivity contribution in [1.29, 1.82) is 5.26 Å². The summed E-state index contributed by atoms with van der Waals surface area (Å²) in [5, 5.41) is 12.4. The zero-order valence-electron chi connectivity index (χ0n) is 14.7. The Morgan fingerprint density at radius 3 is 2.56 bits per heavy atom. The lowest BCUT2D eigenvalue weighted by Crippen LogP contribution is -2.41. The Hall–Kier alpha value is -2.78. The number of ether oxygens (including phenoxy) is 2. The number of nitriles is 1. The lowest BCUT2D eigenvalue weighted by atomic mass is 9.93. The smallest absolute Gasteiger partial charge is 0.258 e. The molecule has 6 nitrogen and oxygen atoms in total. The summed E-state index contributed by atoms with van der Waals surface area (Å²) in [5.41, 5.74) is 0.509. The fourth-order valence-corrected chi connectivity index (χ4v) is 3.09. The number of pyridine rings is 1. The van der Waals surface area contributed by atoms with Crippen LogP contribution in [0.1, 0.15) is 31.2 Å². The molecule has 1 saturated carbocycles. The first-order valence-corrected chi connectivity index (χ1v) is 9.21. The minimum Gasteiger partial charge on any atom is -0.484 e. The van der Waals surface area contributed by atoms with Crippen molar-refractivity contribution >= 4 is 17.5 Å². The third-order valence-corrected chi connectivity index (χ3v) is 4.63. The summed E-state index contributed by atoms with van der Waals surface area (Å²) >= 11 is 5.82. The van der Waals surface area contributed by atoms with Gasteiger partial charge < -0.3 is 14.8 Å². The van der Waals surface area contributed by atoms with Gasteiger partial charge in [-0.15, -0.1) is 0 Å². The third-order valence-electron chi connectivity index (χ3n) is 4.38. The maximum atomic E-state index is 12.1. The largest absolute Gasteiger partial charge is 0.484 e. The van der Waals surface area contributed by atoms with Gasteiger partial charge in [0.15, 0.2) is 6.61 Å². The summed E-state index contributed by atoms with van der Waals surface area (Å²) in [5.74, 6) is 1.00. The molecular weight excluding hydrogens is 366 g/mol. The van der Waals surface area contributed by atoms with Gasteiger partial charge in [0.25, 0.3) is 5.91 Å². The molecule has 1 aromatic heterocycles. The molecule has 1 aliphatic rings. The predicted molar refractivity (Wildman–Crippen MR) is 101 cm³/mol. The number of aromatic nitrogens is 1. The highest BCUT2D eigenvalue weighted by Gasteiger charge is 2.24. The molecule has 1 N–H and O–H groups in total. The van der Waals surface area contributed by atoms with Crippen LogP contribution in [0.2, 0.25) is 5.02 Å². The molecule has 0 spiro atoms. The zero-order valence-corrected chi connectivity index (χ0v) is 15.5. The fourth-order valence-electron chi connectivity index (χ4n) is 2.96. The average molecular weight is 386 g/mol. The lowest BCUT2D eigenvalue weighted by Gasteiger charge is -2.29. The Morgan fingerprint density at radius 2 is 1.93 bits per heavy atom. The molecule has 7 heteroatoms. The highest BCUT2D eigenvalue weighted by molar-refractivity contribution is 6.30. The monoisotopic (exact) mass is 385 g/mol. The summed E-state index contributed by atoms with van der Waals surface area (Å²) in [4.78, 5) is 16.2. The van der Waals surface area contributed by atoms with Gasteiger partial charge in [-0.1, -0.05) is 11.6 Å². The topological polar surface area (TPSA) is 84.2 Å². The SMILES string of the molecule is N#Cc1ccc(OC2CCC(NC(=O)COc3ccc(Cl)cc3)CC2)nc1. The number of benzene rings is 1. The van der Waals surface area contributed by atoms with Gasteiger partial charge in [0.05, 0.1) is 5.56 Å². The molecule has 0 unspecified atom stereocenters. The van der Waals surface area contributed by atoms with E-state index in [1.807, 2.05) is 6.07 Å².